The molecule has 5 nitrogen and oxygen atoms in total. The predicted molar refractivity (Wildman–Crippen MR) is 103 cm³/mol. The van der Waals surface area contributed by atoms with Gasteiger partial charge in [0.25, 0.3) is 0 Å². The monoisotopic (exact) mass is 367 g/mol. The van der Waals surface area contributed by atoms with Crippen LogP contribution in [0, 0.1) is 5.92 Å². The topological polar surface area (TPSA) is 75.4 Å². The van der Waals surface area contributed by atoms with E-state index in [2.05, 4.69) is 17.4 Å². The van der Waals surface area contributed by atoms with Crippen LogP contribution >= 0.6 is 12.4 Å². The molecule has 0 aromatic heterocycles. The van der Waals surface area contributed by atoms with Crippen LogP contribution in [0.2, 0.25) is 0 Å². The Balaban J connectivity index is 0.00000312. The summed E-state index contributed by atoms with van der Waals surface area (Å²) in [5.41, 5.74) is 6.82. The van der Waals surface area contributed by atoms with Gasteiger partial charge in [0.05, 0.1) is 6.54 Å². The van der Waals surface area contributed by atoms with Crippen molar-refractivity contribution in [3.8, 4) is 0 Å². The van der Waals surface area contributed by atoms with Crippen molar-refractivity contribution in [3.05, 3.63) is 35.9 Å². The molecule has 0 atom stereocenters. The molecule has 0 bridgehead atoms. The van der Waals surface area contributed by atoms with Gasteiger partial charge in [0, 0.05) is 25.6 Å². The standard InChI is InChI=1S/C19H29N3O2.ClH/c20-12-14-22(13-11-16-7-3-1-4-8-16)18(23)15-21-19(24)17-9-5-2-6-10-17;/h1,3-4,7-8,17H,2,5-6,9-15,20H2,(H,21,24);1H. The fraction of sp³-hybridized carbons (Fsp3) is 0.579. The highest BCUT2D eigenvalue weighted by atomic mass is 35.5. The highest BCUT2D eigenvalue weighted by Crippen LogP contribution is 2.23. The summed E-state index contributed by atoms with van der Waals surface area (Å²) in [7, 11) is 0. The van der Waals surface area contributed by atoms with Gasteiger partial charge in [0.15, 0.2) is 0 Å². The SMILES string of the molecule is Cl.NCCN(CCc1ccccc1)C(=O)CNC(=O)C1CCCCC1. The molecule has 0 spiro atoms. The number of halogens is 1. The summed E-state index contributed by atoms with van der Waals surface area (Å²) in [6, 6.07) is 10.1. The Morgan fingerprint density at radius 2 is 1.76 bits per heavy atom. The van der Waals surface area contributed by atoms with E-state index in [4.69, 9.17) is 5.73 Å². The maximum atomic E-state index is 12.4. The van der Waals surface area contributed by atoms with E-state index in [9.17, 15) is 9.59 Å². The second kappa shape index (κ2) is 11.9. The van der Waals surface area contributed by atoms with Gasteiger partial charge in [-0.25, -0.2) is 0 Å². The molecule has 1 aliphatic rings. The molecule has 2 amide bonds. The molecule has 1 aromatic carbocycles. The molecule has 25 heavy (non-hydrogen) atoms. The minimum Gasteiger partial charge on any atom is -0.347 e. The zero-order valence-corrected chi connectivity index (χ0v) is 15.6. The van der Waals surface area contributed by atoms with Crippen LogP contribution in [0.3, 0.4) is 0 Å². The molecule has 0 unspecified atom stereocenters. The van der Waals surface area contributed by atoms with Gasteiger partial charge in [0.2, 0.25) is 11.8 Å². The zero-order valence-electron chi connectivity index (χ0n) is 14.8. The average Bonchev–Trinajstić information content (AvgIpc) is 2.64. The Hall–Kier alpha value is -1.59. The Bertz CT molecular complexity index is 519. The first-order valence-corrected chi connectivity index (χ1v) is 9.00. The minimum absolute atomic E-state index is 0. The Labute approximate surface area is 156 Å². The molecule has 0 radical (unpaired) electrons. The lowest BCUT2D eigenvalue weighted by atomic mass is 9.89. The largest absolute Gasteiger partial charge is 0.347 e. The fourth-order valence-electron chi connectivity index (χ4n) is 3.21. The highest BCUT2D eigenvalue weighted by molar-refractivity contribution is 5.86. The van der Waals surface area contributed by atoms with Crippen LogP contribution in [-0.4, -0.2) is 42.9 Å². The third-order valence-electron chi connectivity index (χ3n) is 4.65. The Morgan fingerprint density at radius 1 is 1.08 bits per heavy atom. The van der Waals surface area contributed by atoms with E-state index < -0.39 is 0 Å². The third kappa shape index (κ3) is 7.45. The predicted octanol–water partition coefficient (Wildman–Crippen LogP) is 2.13. The number of nitrogens with two attached hydrogens (primary N) is 1. The van der Waals surface area contributed by atoms with Crippen molar-refractivity contribution >= 4 is 24.2 Å². The molecular weight excluding hydrogens is 338 g/mol. The number of nitrogens with zero attached hydrogens (tertiary/aromatic N) is 1. The van der Waals surface area contributed by atoms with Crippen LogP contribution in [0.1, 0.15) is 37.7 Å². The number of amides is 2. The fourth-order valence-corrected chi connectivity index (χ4v) is 3.21. The van der Waals surface area contributed by atoms with E-state index in [0.29, 0.717) is 19.6 Å². The summed E-state index contributed by atoms with van der Waals surface area (Å²) in [6.45, 7) is 1.64. The minimum atomic E-state index is -0.0551. The second-order valence-electron chi connectivity index (χ2n) is 6.46. The van der Waals surface area contributed by atoms with Gasteiger partial charge in [-0.2, -0.15) is 0 Å². The van der Waals surface area contributed by atoms with Gasteiger partial charge in [-0.3, -0.25) is 9.59 Å². The maximum absolute atomic E-state index is 12.4. The number of carbonyl (C=O) groups excluding carboxylic acids is 2. The Kier molecular flexibility index (Phi) is 10.2. The summed E-state index contributed by atoms with van der Waals surface area (Å²) in [5, 5.41) is 2.82. The van der Waals surface area contributed by atoms with Crippen LogP contribution in [-0.2, 0) is 16.0 Å². The van der Waals surface area contributed by atoms with Crippen molar-refractivity contribution in [2.75, 3.05) is 26.2 Å². The van der Waals surface area contributed by atoms with Gasteiger partial charge in [-0.05, 0) is 24.8 Å². The lowest BCUT2D eigenvalue weighted by molar-refractivity contribution is -0.134. The molecule has 1 fully saturated rings. The molecule has 140 valence electrons. The first-order valence-electron chi connectivity index (χ1n) is 9.00. The number of carbonyl (C=O) groups is 2. The Morgan fingerprint density at radius 3 is 2.40 bits per heavy atom. The first kappa shape index (κ1) is 21.5. The molecule has 0 aliphatic heterocycles. The van der Waals surface area contributed by atoms with Crippen LogP contribution in [0.4, 0.5) is 0 Å². The summed E-state index contributed by atoms with van der Waals surface area (Å²) in [4.78, 5) is 26.3. The number of rotatable bonds is 8. The molecule has 1 saturated carbocycles. The lowest BCUT2D eigenvalue weighted by Crippen LogP contribution is -2.44. The van der Waals surface area contributed by atoms with Crippen LogP contribution < -0.4 is 11.1 Å². The lowest BCUT2D eigenvalue weighted by Gasteiger charge is -2.24. The molecule has 3 N–H and O–H groups in total. The van der Waals surface area contributed by atoms with Gasteiger partial charge >= 0.3 is 0 Å². The van der Waals surface area contributed by atoms with Crippen LogP contribution in [0.25, 0.3) is 0 Å². The van der Waals surface area contributed by atoms with Gasteiger partial charge < -0.3 is 16.0 Å². The van der Waals surface area contributed by atoms with Crippen LogP contribution in [0.15, 0.2) is 30.3 Å². The normalized spacial score (nSPS) is 14.4. The second-order valence-corrected chi connectivity index (χ2v) is 6.46. The molecule has 0 saturated heterocycles. The summed E-state index contributed by atoms with van der Waals surface area (Å²) in [6.07, 6.45) is 6.13. The van der Waals surface area contributed by atoms with E-state index in [1.165, 1.54) is 12.0 Å². The number of hydrogen-bond acceptors (Lipinski definition) is 3. The summed E-state index contributed by atoms with van der Waals surface area (Å²) < 4.78 is 0. The van der Waals surface area contributed by atoms with E-state index in [1.807, 2.05) is 18.2 Å². The third-order valence-corrected chi connectivity index (χ3v) is 4.65. The summed E-state index contributed by atoms with van der Waals surface area (Å²) in [5.74, 6) is 0.0539. The van der Waals surface area contributed by atoms with Crippen molar-refractivity contribution in [2.45, 2.75) is 38.5 Å². The van der Waals surface area contributed by atoms with E-state index in [1.54, 1.807) is 4.90 Å². The van der Waals surface area contributed by atoms with Gasteiger partial charge in [-0.15, -0.1) is 12.4 Å². The molecule has 2 rings (SSSR count). The first-order chi connectivity index (χ1) is 11.7. The summed E-state index contributed by atoms with van der Waals surface area (Å²) >= 11 is 0. The number of benzene rings is 1. The number of hydrogen-bond donors (Lipinski definition) is 2. The molecule has 6 heteroatoms. The van der Waals surface area contributed by atoms with Crippen molar-refractivity contribution in [2.24, 2.45) is 11.7 Å². The zero-order chi connectivity index (χ0) is 17.2. The number of nitrogens with one attached hydrogen (secondary N) is 1. The van der Waals surface area contributed by atoms with E-state index >= 15 is 0 Å². The van der Waals surface area contributed by atoms with Crippen LogP contribution in [0.5, 0.6) is 0 Å². The molecule has 0 heterocycles. The smallest absolute Gasteiger partial charge is 0.242 e. The van der Waals surface area contributed by atoms with E-state index in [0.717, 1.165) is 32.1 Å². The van der Waals surface area contributed by atoms with Crippen molar-refractivity contribution in [1.82, 2.24) is 10.2 Å². The van der Waals surface area contributed by atoms with Gasteiger partial charge in [-0.1, -0.05) is 49.6 Å². The van der Waals surface area contributed by atoms with Crippen molar-refractivity contribution in [1.29, 1.82) is 0 Å². The average molecular weight is 368 g/mol. The molecule has 1 aliphatic carbocycles. The maximum Gasteiger partial charge on any atom is 0.242 e. The highest BCUT2D eigenvalue weighted by Gasteiger charge is 2.22. The molecule has 1 aromatic rings. The van der Waals surface area contributed by atoms with Crippen molar-refractivity contribution < 1.29 is 9.59 Å². The quantitative estimate of drug-likeness (QED) is 0.739. The van der Waals surface area contributed by atoms with E-state index in [-0.39, 0.29) is 36.7 Å². The van der Waals surface area contributed by atoms with Gasteiger partial charge in [0.1, 0.15) is 0 Å². The molecular formula is C19H30ClN3O2. The van der Waals surface area contributed by atoms with Crippen molar-refractivity contribution in [3.63, 3.8) is 0 Å².